The zero-order valence-corrected chi connectivity index (χ0v) is 8.48. The first-order valence-electron chi connectivity index (χ1n) is 5.26. The van der Waals surface area contributed by atoms with Gasteiger partial charge >= 0.3 is 5.97 Å². The monoisotopic (exact) mass is 210 g/mol. The van der Waals surface area contributed by atoms with Crippen molar-refractivity contribution in [3.63, 3.8) is 0 Å². The van der Waals surface area contributed by atoms with E-state index in [1.165, 1.54) is 12.8 Å². The van der Waals surface area contributed by atoms with E-state index in [9.17, 15) is 9.59 Å². The van der Waals surface area contributed by atoms with E-state index < -0.39 is 5.97 Å². The van der Waals surface area contributed by atoms with Crippen LogP contribution in [-0.2, 0) is 9.59 Å². The van der Waals surface area contributed by atoms with Crippen LogP contribution in [0.3, 0.4) is 0 Å². The Labute approximate surface area is 87.8 Å². The summed E-state index contributed by atoms with van der Waals surface area (Å²) in [7, 11) is 0. The molecular weight excluding hydrogens is 196 g/mol. The van der Waals surface area contributed by atoms with Crippen LogP contribution in [0.25, 0.3) is 0 Å². The molecule has 5 nitrogen and oxygen atoms in total. The van der Waals surface area contributed by atoms with Crippen molar-refractivity contribution in [1.82, 2.24) is 5.01 Å². The zero-order chi connectivity index (χ0) is 10.8. The van der Waals surface area contributed by atoms with Crippen LogP contribution in [0.1, 0.15) is 32.1 Å². The summed E-state index contributed by atoms with van der Waals surface area (Å²) in [5.41, 5.74) is 0.888. The van der Waals surface area contributed by atoms with Crippen molar-refractivity contribution < 1.29 is 14.7 Å². The molecule has 5 heteroatoms. The van der Waals surface area contributed by atoms with Crippen LogP contribution >= 0.6 is 0 Å². The van der Waals surface area contributed by atoms with E-state index in [1.807, 2.05) is 0 Å². The molecule has 0 saturated heterocycles. The number of carbonyl (C=O) groups excluding carboxylic acids is 1. The number of carboxylic acid groups (broad SMARTS) is 1. The molecular formula is C10H14N2O3. The number of nitrogens with zero attached hydrogens (tertiary/aromatic N) is 2. The summed E-state index contributed by atoms with van der Waals surface area (Å²) in [5.74, 6) is -0.785. The Balaban J connectivity index is 2.02. The van der Waals surface area contributed by atoms with Crippen molar-refractivity contribution in [3.05, 3.63) is 0 Å². The van der Waals surface area contributed by atoms with Crippen molar-refractivity contribution in [3.8, 4) is 0 Å². The molecule has 82 valence electrons. The summed E-state index contributed by atoms with van der Waals surface area (Å²) < 4.78 is 0. The summed E-state index contributed by atoms with van der Waals surface area (Å²) >= 11 is 0. The van der Waals surface area contributed by atoms with Gasteiger partial charge in [0.1, 0.15) is 6.54 Å². The Morgan fingerprint density at radius 2 is 2.13 bits per heavy atom. The summed E-state index contributed by atoms with van der Waals surface area (Å²) in [4.78, 5) is 21.9. The minimum absolute atomic E-state index is 0.181. The number of rotatable bonds is 3. The smallest absolute Gasteiger partial charge is 0.325 e. The highest BCUT2D eigenvalue weighted by atomic mass is 16.4. The summed E-state index contributed by atoms with van der Waals surface area (Å²) in [5, 5.41) is 13.8. The van der Waals surface area contributed by atoms with Gasteiger partial charge in [-0.05, 0) is 18.8 Å². The average Bonchev–Trinajstić information content (AvgIpc) is 2.75. The minimum Gasteiger partial charge on any atom is -0.480 e. The highest BCUT2D eigenvalue weighted by molar-refractivity contribution is 6.06. The summed E-state index contributed by atoms with van der Waals surface area (Å²) in [6, 6.07) is 0. The Morgan fingerprint density at radius 3 is 2.73 bits per heavy atom. The third kappa shape index (κ3) is 2.16. The fraction of sp³-hybridized carbons (Fsp3) is 0.700. The van der Waals surface area contributed by atoms with E-state index in [0.29, 0.717) is 12.3 Å². The van der Waals surface area contributed by atoms with Crippen LogP contribution in [0.5, 0.6) is 0 Å². The number of hydrogen-bond donors (Lipinski definition) is 1. The predicted octanol–water partition coefficient (Wildman–Crippen LogP) is 0.849. The first kappa shape index (κ1) is 10.1. The van der Waals surface area contributed by atoms with Crippen LogP contribution < -0.4 is 0 Å². The largest absolute Gasteiger partial charge is 0.480 e. The van der Waals surface area contributed by atoms with Crippen molar-refractivity contribution in [1.29, 1.82) is 0 Å². The number of carboxylic acids is 1. The molecule has 15 heavy (non-hydrogen) atoms. The van der Waals surface area contributed by atoms with Crippen molar-refractivity contribution in [2.75, 3.05) is 6.54 Å². The first-order chi connectivity index (χ1) is 7.16. The third-order valence-corrected chi connectivity index (χ3v) is 2.98. The molecule has 0 atom stereocenters. The normalized spacial score (nSPS) is 22.3. The Bertz CT molecular complexity index is 319. The van der Waals surface area contributed by atoms with E-state index in [4.69, 9.17) is 5.11 Å². The van der Waals surface area contributed by atoms with Gasteiger partial charge in [-0.1, -0.05) is 12.8 Å². The van der Waals surface area contributed by atoms with E-state index in [-0.39, 0.29) is 12.5 Å². The number of amides is 1. The predicted molar refractivity (Wildman–Crippen MR) is 53.4 cm³/mol. The van der Waals surface area contributed by atoms with E-state index in [2.05, 4.69) is 5.10 Å². The lowest BCUT2D eigenvalue weighted by Gasteiger charge is -2.07. The lowest BCUT2D eigenvalue weighted by atomic mass is 10.00. The zero-order valence-electron chi connectivity index (χ0n) is 8.48. The molecule has 0 radical (unpaired) electrons. The standard InChI is InChI=1S/C10H14N2O3/c13-9-5-8(7-3-1-2-4-7)11-12(9)6-10(14)15/h7H,1-6H2,(H,14,15). The van der Waals surface area contributed by atoms with Crippen molar-refractivity contribution in [2.45, 2.75) is 32.1 Å². The lowest BCUT2D eigenvalue weighted by molar-refractivity contribution is -0.143. The van der Waals surface area contributed by atoms with Gasteiger partial charge in [0.2, 0.25) is 5.91 Å². The average molecular weight is 210 g/mol. The third-order valence-electron chi connectivity index (χ3n) is 2.98. The fourth-order valence-corrected chi connectivity index (χ4v) is 2.23. The molecule has 0 bridgehead atoms. The second kappa shape index (κ2) is 4.00. The molecule has 2 rings (SSSR count). The highest BCUT2D eigenvalue weighted by Crippen LogP contribution is 2.29. The Kier molecular flexibility index (Phi) is 2.70. The molecule has 0 aromatic heterocycles. The van der Waals surface area contributed by atoms with Crippen molar-refractivity contribution >= 4 is 17.6 Å². The molecule has 1 N–H and O–H groups in total. The molecule has 1 amide bonds. The number of carbonyl (C=O) groups is 2. The molecule has 1 fully saturated rings. The maximum Gasteiger partial charge on any atom is 0.325 e. The molecule has 1 aliphatic carbocycles. The second-order valence-electron chi connectivity index (χ2n) is 4.09. The fourth-order valence-electron chi connectivity index (χ4n) is 2.23. The minimum atomic E-state index is -1.01. The van der Waals surface area contributed by atoms with E-state index in [1.54, 1.807) is 0 Å². The SMILES string of the molecule is O=C(O)CN1N=C(C2CCCC2)CC1=O. The molecule has 0 unspecified atom stereocenters. The molecule has 0 spiro atoms. The number of hydrazone groups is 1. The summed E-state index contributed by atoms with van der Waals surface area (Å²) in [6.45, 7) is -0.310. The highest BCUT2D eigenvalue weighted by Gasteiger charge is 2.31. The van der Waals surface area contributed by atoms with Gasteiger partial charge in [0.15, 0.2) is 0 Å². The van der Waals surface area contributed by atoms with E-state index >= 15 is 0 Å². The van der Waals surface area contributed by atoms with Crippen molar-refractivity contribution in [2.24, 2.45) is 11.0 Å². The van der Waals surface area contributed by atoms with Crippen LogP contribution in [0.4, 0.5) is 0 Å². The summed E-state index contributed by atoms with van der Waals surface area (Å²) in [6.07, 6.45) is 4.88. The lowest BCUT2D eigenvalue weighted by Crippen LogP contribution is -2.27. The molecule has 0 aromatic rings. The molecule has 2 aliphatic rings. The van der Waals surface area contributed by atoms with Crippen LogP contribution in [0, 0.1) is 5.92 Å². The van der Waals surface area contributed by atoms with Gasteiger partial charge in [0, 0.05) is 0 Å². The molecule has 0 aromatic carbocycles. The van der Waals surface area contributed by atoms with Gasteiger partial charge in [-0.2, -0.15) is 5.10 Å². The molecule has 1 aliphatic heterocycles. The quantitative estimate of drug-likeness (QED) is 0.750. The maximum absolute atomic E-state index is 11.4. The first-order valence-corrected chi connectivity index (χ1v) is 5.26. The van der Waals surface area contributed by atoms with Gasteiger partial charge in [0.05, 0.1) is 12.1 Å². The maximum atomic E-state index is 11.4. The second-order valence-corrected chi connectivity index (χ2v) is 4.09. The Hall–Kier alpha value is -1.39. The molecule has 1 heterocycles. The van der Waals surface area contributed by atoms with Crippen LogP contribution in [0.15, 0.2) is 5.10 Å². The van der Waals surface area contributed by atoms with Gasteiger partial charge in [-0.15, -0.1) is 0 Å². The van der Waals surface area contributed by atoms with Gasteiger partial charge in [-0.25, -0.2) is 5.01 Å². The molecule has 1 saturated carbocycles. The van der Waals surface area contributed by atoms with Crippen LogP contribution in [0.2, 0.25) is 0 Å². The van der Waals surface area contributed by atoms with Gasteiger partial charge < -0.3 is 5.11 Å². The van der Waals surface area contributed by atoms with Gasteiger partial charge in [0.25, 0.3) is 0 Å². The van der Waals surface area contributed by atoms with E-state index in [0.717, 1.165) is 23.6 Å². The van der Waals surface area contributed by atoms with Gasteiger partial charge in [-0.3, -0.25) is 9.59 Å². The number of aliphatic carboxylic acids is 1. The Morgan fingerprint density at radius 1 is 1.47 bits per heavy atom. The number of hydrogen-bond acceptors (Lipinski definition) is 3. The van der Waals surface area contributed by atoms with Crippen LogP contribution in [-0.4, -0.2) is 34.2 Å². The topological polar surface area (TPSA) is 70.0 Å².